The molecule has 1 N–H and O–H groups in total. The number of phenolic OH excluding ortho intramolecular Hbond substituents is 1. The molecule has 1 saturated heterocycles. The minimum absolute atomic E-state index is 0.379. The Bertz CT molecular complexity index is 653. The number of phenols is 1. The molecular weight excluding hydrogens is 332 g/mol. The predicted octanol–water partition coefficient (Wildman–Crippen LogP) is 5.24. The van der Waals surface area contributed by atoms with Crippen molar-refractivity contribution in [2.45, 2.75) is 65.7 Å². The molecule has 150 valence electrons. The second-order valence-corrected chi connectivity index (χ2v) is 11.1. The fourth-order valence-corrected chi connectivity index (χ4v) is 6.05. The number of aromatic hydroxyl groups is 1. The van der Waals surface area contributed by atoms with E-state index in [-0.39, 0.29) is 0 Å². The molecule has 3 aliphatic rings. The summed E-state index contributed by atoms with van der Waals surface area (Å²) in [5.41, 5.74) is 3.51. The Morgan fingerprint density at radius 2 is 1.59 bits per heavy atom. The zero-order valence-electron chi connectivity index (χ0n) is 17.8. The van der Waals surface area contributed by atoms with E-state index in [4.69, 9.17) is 0 Å². The van der Waals surface area contributed by atoms with Crippen molar-refractivity contribution in [3.8, 4) is 5.75 Å². The summed E-state index contributed by atoms with van der Waals surface area (Å²) in [6.07, 6.45) is 6.66. The van der Waals surface area contributed by atoms with Crippen molar-refractivity contribution in [3.63, 3.8) is 0 Å². The molecule has 1 aliphatic heterocycles. The monoisotopic (exact) mass is 370 g/mol. The average molecular weight is 371 g/mol. The number of hydrogen-bond acceptors (Lipinski definition) is 3. The number of piperazine rings is 1. The lowest BCUT2D eigenvalue weighted by atomic mass is 9.60. The van der Waals surface area contributed by atoms with Gasteiger partial charge in [-0.2, -0.15) is 0 Å². The zero-order chi connectivity index (χ0) is 19.2. The SMILES string of the molecule is CC1(C)CC(c2ccc(O)cc2N2CCN(CC3CC3)CC2)CC(C)(C)C1. The molecule has 2 aliphatic carbocycles. The normalized spacial score (nSPS) is 26.3. The largest absolute Gasteiger partial charge is 0.508 e. The van der Waals surface area contributed by atoms with Crippen molar-refractivity contribution in [3.05, 3.63) is 23.8 Å². The van der Waals surface area contributed by atoms with Crippen LogP contribution in [0.4, 0.5) is 5.69 Å². The Morgan fingerprint density at radius 3 is 2.19 bits per heavy atom. The molecule has 4 rings (SSSR count). The smallest absolute Gasteiger partial charge is 0.117 e. The highest BCUT2D eigenvalue weighted by molar-refractivity contribution is 5.59. The van der Waals surface area contributed by atoms with Crippen LogP contribution in [-0.4, -0.2) is 42.7 Å². The van der Waals surface area contributed by atoms with E-state index >= 15 is 0 Å². The first-order chi connectivity index (χ1) is 12.7. The van der Waals surface area contributed by atoms with Crippen molar-refractivity contribution in [2.75, 3.05) is 37.6 Å². The van der Waals surface area contributed by atoms with E-state index in [1.165, 1.54) is 49.9 Å². The van der Waals surface area contributed by atoms with Crippen LogP contribution >= 0.6 is 0 Å². The molecule has 2 saturated carbocycles. The number of benzene rings is 1. The molecule has 0 spiro atoms. The molecule has 0 atom stereocenters. The maximum Gasteiger partial charge on any atom is 0.117 e. The minimum atomic E-state index is 0.379. The Hall–Kier alpha value is -1.22. The summed E-state index contributed by atoms with van der Waals surface area (Å²) in [6, 6.07) is 6.14. The second kappa shape index (κ2) is 6.99. The average Bonchev–Trinajstić information content (AvgIpc) is 3.36. The Morgan fingerprint density at radius 1 is 0.963 bits per heavy atom. The van der Waals surface area contributed by atoms with E-state index in [0.29, 0.717) is 22.5 Å². The van der Waals surface area contributed by atoms with Crippen LogP contribution in [0.2, 0.25) is 0 Å². The van der Waals surface area contributed by atoms with E-state index in [2.05, 4.69) is 43.6 Å². The highest BCUT2D eigenvalue weighted by Gasteiger charge is 2.40. The molecule has 3 nitrogen and oxygen atoms in total. The molecule has 0 amide bonds. The van der Waals surface area contributed by atoms with E-state index in [0.717, 1.165) is 32.1 Å². The van der Waals surface area contributed by atoms with Crippen LogP contribution in [0.1, 0.15) is 71.3 Å². The summed E-state index contributed by atoms with van der Waals surface area (Å²) in [5, 5.41) is 10.2. The van der Waals surface area contributed by atoms with E-state index in [1.807, 2.05) is 12.1 Å². The molecule has 1 aromatic rings. The molecule has 3 heteroatoms. The fraction of sp³-hybridized carbons (Fsp3) is 0.750. The highest BCUT2D eigenvalue weighted by Crippen LogP contribution is 2.53. The number of nitrogens with zero attached hydrogens (tertiary/aromatic N) is 2. The lowest BCUT2D eigenvalue weighted by Gasteiger charge is -2.46. The third-order valence-electron chi connectivity index (χ3n) is 6.94. The first-order valence-corrected chi connectivity index (χ1v) is 11.0. The summed E-state index contributed by atoms with van der Waals surface area (Å²) in [5.74, 6) is 1.96. The number of hydrogen-bond donors (Lipinski definition) is 1. The van der Waals surface area contributed by atoms with Gasteiger partial charge in [0.05, 0.1) is 0 Å². The number of anilines is 1. The van der Waals surface area contributed by atoms with Crippen LogP contribution in [0.15, 0.2) is 18.2 Å². The van der Waals surface area contributed by atoms with E-state index < -0.39 is 0 Å². The van der Waals surface area contributed by atoms with Crippen LogP contribution in [0.25, 0.3) is 0 Å². The van der Waals surface area contributed by atoms with Crippen molar-refractivity contribution >= 4 is 5.69 Å². The zero-order valence-corrected chi connectivity index (χ0v) is 17.8. The first-order valence-electron chi connectivity index (χ1n) is 11.0. The Balaban J connectivity index is 1.54. The van der Waals surface area contributed by atoms with Gasteiger partial charge >= 0.3 is 0 Å². The summed E-state index contributed by atoms with van der Waals surface area (Å²) in [7, 11) is 0. The lowest BCUT2D eigenvalue weighted by molar-refractivity contribution is 0.0969. The fourth-order valence-electron chi connectivity index (χ4n) is 6.05. The van der Waals surface area contributed by atoms with Crippen molar-refractivity contribution in [1.29, 1.82) is 0 Å². The third-order valence-corrected chi connectivity index (χ3v) is 6.94. The van der Waals surface area contributed by atoms with Gasteiger partial charge in [0.2, 0.25) is 0 Å². The van der Waals surface area contributed by atoms with E-state index in [1.54, 1.807) is 0 Å². The molecule has 0 aromatic heterocycles. The van der Waals surface area contributed by atoms with Crippen LogP contribution in [0.3, 0.4) is 0 Å². The van der Waals surface area contributed by atoms with Gasteiger partial charge in [-0.1, -0.05) is 33.8 Å². The van der Waals surface area contributed by atoms with Crippen molar-refractivity contribution in [2.24, 2.45) is 16.7 Å². The van der Waals surface area contributed by atoms with Gasteiger partial charge in [-0.05, 0) is 66.4 Å². The van der Waals surface area contributed by atoms with Crippen LogP contribution < -0.4 is 4.90 Å². The van der Waals surface area contributed by atoms with Crippen LogP contribution in [0, 0.1) is 16.7 Å². The van der Waals surface area contributed by atoms with Gasteiger partial charge in [-0.15, -0.1) is 0 Å². The predicted molar refractivity (Wildman–Crippen MR) is 114 cm³/mol. The maximum absolute atomic E-state index is 10.2. The molecule has 1 heterocycles. The van der Waals surface area contributed by atoms with Crippen molar-refractivity contribution in [1.82, 2.24) is 4.90 Å². The molecule has 3 fully saturated rings. The molecule has 0 unspecified atom stereocenters. The third kappa shape index (κ3) is 4.62. The molecule has 0 bridgehead atoms. The lowest BCUT2D eigenvalue weighted by Crippen LogP contribution is -2.47. The van der Waals surface area contributed by atoms with Gasteiger partial charge in [0.25, 0.3) is 0 Å². The highest BCUT2D eigenvalue weighted by atomic mass is 16.3. The van der Waals surface area contributed by atoms with Gasteiger partial charge < -0.3 is 10.0 Å². The summed E-state index contributed by atoms with van der Waals surface area (Å²) in [4.78, 5) is 5.18. The molecule has 0 radical (unpaired) electrons. The summed E-state index contributed by atoms with van der Waals surface area (Å²) >= 11 is 0. The van der Waals surface area contributed by atoms with E-state index in [9.17, 15) is 5.11 Å². The maximum atomic E-state index is 10.2. The Kier molecular flexibility index (Phi) is 4.95. The van der Waals surface area contributed by atoms with Gasteiger partial charge in [0, 0.05) is 44.5 Å². The molecule has 1 aromatic carbocycles. The van der Waals surface area contributed by atoms with Crippen LogP contribution in [-0.2, 0) is 0 Å². The summed E-state index contributed by atoms with van der Waals surface area (Å²) in [6.45, 7) is 15.5. The van der Waals surface area contributed by atoms with Crippen LogP contribution in [0.5, 0.6) is 5.75 Å². The standard InChI is InChI=1S/C24H38N2O/c1-23(2)14-19(15-24(3,4)17-23)21-8-7-20(27)13-22(21)26-11-9-25(10-12-26)16-18-5-6-18/h7-8,13,18-19,27H,5-6,9-12,14-17H2,1-4H3. The first kappa shape index (κ1) is 19.1. The molecular formula is C24H38N2O. The van der Waals surface area contributed by atoms with Gasteiger partial charge in [0.15, 0.2) is 0 Å². The van der Waals surface area contributed by atoms with Crippen molar-refractivity contribution < 1.29 is 5.11 Å². The van der Waals surface area contributed by atoms with Gasteiger partial charge in [-0.25, -0.2) is 0 Å². The minimum Gasteiger partial charge on any atom is -0.508 e. The molecule has 27 heavy (non-hydrogen) atoms. The van der Waals surface area contributed by atoms with Gasteiger partial charge in [0.1, 0.15) is 5.75 Å². The summed E-state index contributed by atoms with van der Waals surface area (Å²) < 4.78 is 0. The number of rotatable bonds is 4. The second-order valence-electron chi connectivity index (χ2n) is 11.1. The quantitative estimate of drug-likeness (QED) is 0.785. The Labute approximate surface area is 165 Å². The van der Waals surface area contributed by atoms with Gasteiger partial charge in [-0.3, -0.25) is 4.90 Å². The topological polar surface area (TPSA) is 26.7 Å².